The summed E-state index contributed by atoms with van der Waals surface area (Å²) in [7, 11) is 1.47. The monoisotopic (exact) mass is 533 g/mol. The van der Waals surface area contributed by atoms with Crippen molar-refractivity contribution in [2.45, 2.75) is 25.1 Å². The highest BCUT2D eigenvalue weighted by molar-refractivity contribution is 7.91. The van der Waals surface area contributed by atoms with Gasteiger partial charge in [0.1, 0.15) is 18.5 Å². The fraction of sp³-hybridized carbons (Fsp3) is 0.478. The molecular weight excluding hydrogens is 505 g/mol. The van der Waals surface area contributed by atoms with Gasteiger partial charge in [-0.05, 0) is 42.3 Å². The second-order valence-corrected chi connectivity index (χ2v) is 11.1. The number of aliphatic hydroxyl groups excluding tert-OH is 1. The van der Waals surface area contributed by atoms with Crippen LogP contribution in [-0.4, -0.2) is 76.6 Å². The molecule has 3 rings (SSSR count). The molecule has 1 N–H and O–H groups in total. The van der Waals surface area contributed by atoms with Crippen LogP contribution in [0, 0.1) is 0 Å². The molecule has 2 aromatic carbocycles. The minimum Gasteiger partial charge on any atom is -0.493 e. The van der Waals surface area contributed by atoms with Gasteiger partial charge in [-0.25, -0.2) is 8.42 Å². The molecule has 2 aromatic rings. The van der Waals surface area contributed by atoms with Crippen molar-refractivity contribution in [1.29, 1.82) is 0 Å². The molecule has 2 atom stereocenters. The van der Waals surface area contributed by atoms with Gasteiger partial charge >= 0.3 is 0 Å². The van der Waals surface area contributed by atoms with Crippen molar-refractivity contribution in [2.24, 2.45) is 0 Å². The molecule has 8 nitrogen and oxygen atoms in total. The number of aliphatic hydroxyl groups is 1. The van der Waals surface area contributed by atoms with Gasteiger partial charge in [-0.1, -0.05) is 23.2 Å². The molecule has 0 saturated carbocycles. The number of ether oxygens (including phenoxy) is 4. The molecule has 188 valence electrons. The molecule has 1 aliphatic heterocycles. The highest BCUT2D eigenvalue weighted by atomic mass is 35.5. The lowest BCUT2D eigenvalue weighted by molar-refractivity contribution is 0.0524. The molecular formula is C23H29Cl2NO7S. The van der Waals surface area contributed by atoms with Gasteiger partial charge in [0.25, 0.3) is 0 Å². The van der Waals surface area contributed by atoms with Gasteiger partial charge in [-0.15, -0.1) is 0 Å². The lowest BCUT2D eigenvalue weighted by Gasteiger charge is -2.30. The molecule has 34 heavy (non-hydrogen) atoms. The first-order valence-electron chi connectivity index (χ1n) is 10.6. The fourth-order valence-corrected chi connectivity index (χ4v) is 6.19. The maximum atomic E-state index is 12.1. The average molecular weight is 534 g/mol. The summed E-state index contributed by atoms with van der Waals surface area (Å²) >= 11 is 12.1. The van der Waals surface area contributed by atoms with Gasteiger partial charge in [0.2, 0.25) is 5.75 Å². The van der Waals surface area contributed by atoms with Crippen LogP contribution in [-0.2, 0) is 16.4 Å². The van der Waals surface area contributed by atoms with Gasteiger partial charge in [0.15, 0.2) is 21.3 Å². The number of nitrogens with zero attached hydrogens (tertiary/aromatic N) is 1. The number of rotatable bonds is 11. The molecule has 11 heteroatoms. The zero-order chi connectivity index (χ0) is 24.9. The molecule has 1 saturated heterocycles. The van der Waals surface area contributed by atoms with Gasteiger partial charge in [0, 0.05) is 24.2 Å². The van der Waals surface area contributed by atoms with Crippen molar-refractivity contribution in [3.8, 4) is 23.0 Å². The van der Waals surface area contributed by atoms with Crippen LogP contribution in [0.2, 0.25) is 10.0 Å². The van der Waals surface area contributed by atoms with E-state index in [-0.39, 0.29) is 30.7 Å². The Morgan fingerprint density at radius 3 is 2.26 bits per heavy atom. The lowest BCUT2D eigenvalue weighted by atomic mass is 10.1. The Bertz CT molecular complexity index is 1070. The standard InChI is InChI=1S/C23H29Cl2NO7S/c1-30-21-8-15(9-22(31-2)23(21)32-3)11-26(17-6-7-34(28,29)14-17)12-18(27)13-33-20-5-4-16(24)10-19(20)25/h4-5,8-10,17-18,27H,6-7,11-14H2,1-3H3. The highest BCUT2D eigenvalue weighted by Gasteiger charge is 2.33. The molecule has 0 aliphatic carbocycles. The largest absolute Gasteiger partial charge is 0.493 e. The molecule has 1 fully saturated rings. The van der Waals surface area contributed by atoms with Crippen LogP contribution in [0.5, 0.6) is 23.0 Å². The van der Waals surface area contributed by atoms with Crippen molar-refractivity contribution in [3.63, 3.8) is 0 Å². The predicted molar refractivity (Wildman–Crippen MR) is 132 cm³/mol. The first kappa shape index (κ1) is 26.7. The zero-order valence-electron chi connectivity index (χ0n) is 19.3. The number of methoxy groups -OCH3 is 3. The number of benzene rings is 2. The van der Waals surface area contributed by atoms with E-state index in [0.717, 1.165) is 5.56 Å². The molecule has 1 heterocycles. The number of halogens is 2. The van der Waals surface area contributed by atoms with Gasteiger partial charge in [-0.2, -0.15) is 0 Å². The van der Waals surface area contributed by atoms with E-state index in [1.165, 1.54) is 21.3 Å². The van der Waals surface area contributed by atoms with E-state index >= 15 is 0 Å². The van der Waals surface area contributed by atoms with E-state index in [0.29, 0.717) is 46.0 Å². The first-order valence-corrected chi connectivity index (χ1v) is 13.2. The maximum Gasteiger partial charge on any atom is 0.203 e. The highest BCUT2D eigenvalue weighted by Crippen LogP contribution is 2.39. The summed E-state index contributed by atoms with van der Waals surface area (Å²) in [5.74, 6) is 2.03. The molecule has 0 amide bonds. The predicted octanol–water partition coefficient (Wildman–Crippen LogP) is 3.45. The van der Waals surface area contributed by atoms with Crippen molar-refractivity contribution in [3.05, 3.63) is 45.9 Å². The Morgan fingerprint density at radius 1 is 1.06 bits per heavy atom. The minimum absolute atomic E-state index is 0.0213. The van der Waals surface area contributed by atoms with Crippen LogP contribution in [0.1, 0.15) is 12.0 Å². The number of hydrogen-bond acceptors (Lipinski definition) is 8. The third-order valence-electron chi connectivity index (χ3n) is 5.61. The van der Waals surface area contributed by atoms with Gasteiger partial charge in [-0.3, -0.25) is 4.90 Å². The molecule has 0 aromatic heterocycles. The summed E-state index contributed by atoms with van der Waals surface area (Å²) in [6.07, 6.45) is -0.402. The smallest absolute Gasteiger partial charge is 0.203 e. The van der Waals surface area contributed by atoms with Crippen molar-refractivity contribution >= 4 is 33.0 Å². The second-order valence-electron chi connectivity index (χ2n) is 8.06. The average Bonchev–Trinajstić information content (AvgIpc) is 3.16. The molecule has 2 unspecified atom stereocenters. The van der Waals surface area contributed by atoms with E-state index in [1.807, 2.05) is 17.0 Å². The molecule has 0 radical (unpaired) electrons. The summed E-state index contributed by atoms with van der Waals surface area (Å²) in [4.78, 5) is 1.95. The normalized spacial score (nSPS) is 18.0. The Morgan fingerprint density at radius 2 is 1.74 bits per heavy atom. The fourth-order valence-electron chi connectivity index (χ4n) is 3.97. The third kappa shape index (κ3) is 6.82. The number of sulfone groups is 1. The Labute approximate surface area is 210 Å². The van der Waals surface area contributed by atoms with Crippen molar-refractivity contribution < 1.29 is 32.5 Å². The molecule has 0 bridgehead atoms. The molecule has 0 spiro atoms. The van der Waals surface area contributed by atoms with Crippen LogP contribution in [0.15, 0.2) is 30.3 Å². The van der Waals surface area contributed by atoms with Crippen molar-refractivity contribution in [1.82, 2.24) is 4.90 Å². The SMILES string of the molecule is COc1cc(CN(CC(O)COc2ccc(Cl)cc2Cl)C2CCS(=O)(=O)C2)cc(OC)c1OC. The van der Waals surface area contributed by atoms with Crippen LogP contribution in [0.4, 0.5) is 0 Å². The van der Waals surface area contributed by atoms with E-state index in [2.05, 4.69) is 0 Å². The second kappa shape index (κ2) is 11.7. The third-order valence-corrected chi connectivity index (χ3v) is 7.89. The van der Waals surface area contributed by atoms with Crippen LogP contribution < -0.4 is 18.9 Å². The first-order chi connectivity index (χ1) is 16.2. The van der Waals surface area contributed by atoms with E-state index in [4.69, 9.17) is 42.1 Å². The Hall–Kier alpha value is -1.91. The summed E-state index contributed by atoms with van der Waals surface area (Å²) in [6.45, 7) is 0.546. The lowest BCUT2D eigenvalue weighted by Crippen LogP contribution is -2.42. The van der Waals surface area contributed by atoms with Crippen LogP contribution >= 0.6 is 23.2 Å². The maximum absolute atomic E-state index is 12.1. The van der Waals surface area contributed by atoms with Crippen molar-refractivity contribution in [2.75, 3.05) is 46.0 Å². The summed E-state index contributed by atoms with van der Waals surface area (Å²) in [5, 5.41) is 11.6. The van der Waals surface area contributed by atoms with Gasteiger partial charge < -0.3 is 24.1 Å². The van der Waals surface area contributed by atoms with Crippen LogP contribution in [0.25, 0.3) is 0 Å². The number of hydrogen-bond donors (Lipinski definition) is 1. The van der Waals surface area contributed by atoms with E-state index in [9.17, 15) is 13.5 Å². The summed E-state index contributed by atoms with van der Waals surface area (Å²) < 4.78 is 46.2. The minimum atomic E-state index is -3.12. The Balaban J connectivity index is 1.77. The van der Waals surface area contributed by atoms with E-state index in [1.54, 1.807) is 18.2 Å². The Kier molecular flexibility index (Phi) is 9.17. The topological polar surface area (TPSA) is 94.5 Å². The summed E-state index contributed by atoms with van der Waals surface area (Å²) in [5.41, 5.74) is 0.827. The van der Waals surface area contributed by atoms with Gasteiger partial charge in [0.05, 0.1) is 37.9 Å². The zero-order valence-corrected chi connectivity index (χ0v) is 21.6. The summed E-state index contributed by atoms with van der Waals surface area (Å²) in [6, 6.07) is 8.23. The quantitative estimate of drug-likeness (QED) is 0.469. The van der Waals surface area contributed by atoms with E-state index < -0.39 is 15.9 Å². The molecule has 1 aliphatic rings. The van der Waals surface area contributed by atoms with Crippen LogP contribution in [0.3, 0.4) is 0 Å².